The van der Waals surface area contributed by atoms with Crippen molar-refractivity contribution in [3.63, 3.8) is 0 Å². The van der Waals surface area contributed by atoms with Crippen LogP contribution in [0.5, 0.6) is 0 Å². The zero-order valence-electron chi connectivity index (χ0n) is 12.6. The van der Waals surface area contributed by atoms with E-state index in [0.717, 1.165) is 18.4 Å². The van der Waals surface area contributed by atoms with E-state index < -0.39 is 0 Å². The van der Waals surface area contributed by atoms with Gasteiger partial charge in [-0.1, -0.05) is 48.0 Å². The van der Waals surface area contributed by atoms with E-state index in [-0.39, 0.29) is 0 Å². The fourth-order valence-electron chi connectivity index (χ4n) is 2.61. The molecule has 0 aliphatic rings. The Morgan fingerprint density at radius 2 is 1.76 bits per heavy atom. The molecule has 1 heteroatoms. The lowest BCUT2D eigenvalue weighted by Crippen LogP contribution is -1.82. The van der Waals surface area contributed by atoms with Crippen LogP contribution in [-0.4, -0.2) is 0 Å². The maximum absolute atomic E-state index is 5.67. The quantitative estimate of drug-likeness (QED) is 0.539. The summed E-state index contributed by atoms with van der Waals surface area (Å²) in [4.78, 5) is 0. The molecule has 3 rings (SSSR count). The van der Waals surface area contributed by atoms with Crippen LogP contribution in [-0.2, 0) is 6.42 Å². The Morgan fingerprint density at radius 1 is 1.00 bits per heavy atom. The molecule has 0 unspecified atom stereocenters. The molecule has 0 atom stereocenters. The van der Waals surface area contributed by atoms with Gasteiger partial charge in [0, 0.05) is 5.39 Å². The fourth-order valence-corrected chi connectivity index (χ4v) is 2.61. The molecule has 0 fully saturated rings. The summed E-state index contributed by atoms with van der Waals surface area (Å²) in [6.07, 6.45) is 8.27. The Kier molecular flexibility index (Phi) is 3.92. The van der Waals surface area contributed by atoms with Crippen LogP contribution in [0.25, 0.3) is 22.1 Å². The third-order valence-corrected chi connectivity index (χ3v) is 3.85. The van der Waals surface area contributed by atoms with E-state index in [1.165, 1.54) is 27.6 Å². The molecule has 2 aromatic carbocycles. The van der Waals surface area contributed by atoms with Crippen molar-refractivity contribution >= 4 is 11.0 Å². The molecule has 0 spiro atoms. The number of benzene rings is 2. The Balaban J connectivity index is 1.98. The van der Waals surface area contributed by atoms with E-state index >= 15 is 0 Å². The van der Waals surface area contributed by atoms with Crippen LogP contribution in [0.4, 0.5) is 0 Å². The minimum Gasteiger partial charge on any atom is -0.464 e. The first kappa shape index (κ1) is 13.7. The molecule has 1 aromatic heterocycles. The lowest BCUT2D eigenvalue weighted by Gasteiger charge is -2.03. The molecule has 0 saturated heterocycles. The summed E-state index contributed by atoms with van der Waals surface area (Å²) in [5, 5.41) is 1.23. The van der Waals surface area contributed by atoms with Crippen LogP contribution in [0.15, 0.2) is 65.3 Å². The van der Waals surface area contributed by atoms with Gasteiger partial charge < -0.3 is 4.42 Å². The molecule has 0 radical (unpaired) electrons. The first-order valence-electron chi connectivity index (χ1n) is 7.46. The Labute approximate surface area is 125 Å². The van der Waals surface area contributed by atoms with Gasteiger partial charge in [0.2, 0.25) is 0 Å². The van der Waals surface area contributed by atoms with E-state index in [1.807, 2.05) is 6.26 Å². The SMILES string of the molecule is C/C=C\CCc1coc2ccc(-c3ccc(C)cc3)cc12. The van der Waals surface area contributed by atoms with Crippen molar-refractivity contribution in [3.05, 3.63) is 72.0 Å². The number of allylic oxidation sites excluding steroid dienone is 2. The second kappa shape index (κ2) is 6.01. The van der Waals surface area contributed by atoms with Crippen molar-refractivity contribution in [1.82, 2.24) is 0 Å². The summed E-state index contributed by atoms with van der Waals surface area (Å²) in [5.74, 6) is 0. The number of furan rings is 1. The summed E-state index contributed by atoms with van der Waals surface area (Å²) < 4.78 is 5.67. The van der Waals surface area contributed by atoms with Gasteiger partial charge in [0.25, 0.3) is 0 Å². The van der Waals surface area contributed by atoms with Gasteiger partial charge in [-0.3, -0.25) is 0 Å². The van der Waals surface area contributed by atoms with Crippen LogP contribution in [0.2, 0.25) is 0 Å². The molecule has 0 amide bonds. The van der Waals surface area contributed by atoms with E-state index in [1.54, 1.807) is 0 Å². The Morgan fingerprint density at radius 3 is 2.52 bits per heavy atom. The highest BCUT2D eigenvalue weighted by molar-refractivity contribution is 5.86. The van der Waals surface area contributed by atoms with Crippen molar-refractivity contribution in [2.75, 3.05) is 0 Å². The van der Waals surface area contributed by atoms with E-state index in [2.05, 4.69) is 68.5 Å². The highest BCUT2D eigenvalue weighted by Crippen LogP contribution is 2.28. The number of rotatable bonds is 4. The molecule has 0 bridgehead atoms. The van der Waals surface area contributed by atoms with Crippen LogP contribution < -0.4 is 0 Å². The van der Waals surface area contributed by atoms with Gasteiger partial charge in [-0.05, 0) is 55.5 Å². The molecule has 1 nitrogen and oxygen atoms in total. The number of aryl methyl sites for hydroxylation is 2. The minimum atomic E-state index is 0.973. The summed E-state index contributed by atoms with van der Waals surface area (Å²) in [6.45, 7) is 4.17. The van der Waals surface area contributed by atoms with Crippen molar-refractivity contribution in [2.45, 2.75) is 26.7 Å². The first-order chi connectivity index (χ1) is 10.3. The fraction of sp³-hybridized carbons (Fsp3) is 0.200. The highest BCUT2D eigenvalue weighted by atomic mass is 16.3. The number of fused-ring (bicyclic) bond motifs is 1. The van der Waals surface area contributed by atoms with Crippen molar-refractivity contribution < 1.29 is 4.42 Å². The lowest BCUT2D eigenvalue weighted by molar-refractivity contribution is 0.610. The zero-order valence-corrected chi connectivity index (χ0v) is 12.6. The van der Waals surface area contributed by atoms with Gasteiger partial charge in [0.05, 0.1) is 6.26 Å². The van der Waals surface area contributed by atoms with Gasteiger partial charge in [-0.15, -0.1) is 0 Å². The highest BCUT2D eigenvalue weighted by Gasteiger charge is 2.07. The molecule has 0 saturated carbocycles. The maximum Gasteiger partial charge on any atom is 0.134 e. The standard InChI is InChI=1S/C20H20O/c1-3-4-5-6-18-14-21-20-12-11-17(13-19(18)20)16-9-7-15(2)8-10-16/h3-4,7-14H,5-6H2,1-2H3/b4-3-. The molecule has 21 heavy (non-hydrogen) atoms. The summed E-state index contributed by atoms with van der Waals surface area (Å²) >= 11 is 0. The maximum atomic E-state index is 5.67. The lowest BCUT2D eigenvalue weighted by atomic mass is 10.0. The average Bonchev–Trinajstić information content (AvgIpc) is 2.91. The third kappa shape index (κ3) is 2.92. The topological polar surface area (TPSA) is 13.1 Å². The smallest absolute Gasteiger partial charge is 0.134 e. The summed E-state index contributed by atoms with van der Waals surface area (Å²) in [5.41, 5.74) is 6.05. The second-order valence-corrected chi connectivity index (χ2v) is 5.45. The normalized spacial score (nSPS) is 11.5. The van der Waals surface area contributed by atoms with Crippen molar-refractivity contribution in [3.8, 4) is 11.1 Å². The first-order valence-corrected chi connectivity index (χ1v) is 7.46. The number of hydrogen-bond acceptors (Lipinski definition) is 1. The molecular weight excluding hydrogens is 256 g/mol. The van der Waals surface area contributed by atoms with E-state index in [4.69, 9.17) is 4.42 Å². The van der Waals surface area contributed by atoms with E-state index in [9.17, 15) is 0 Å². The van der Waals surface area contributed by atoms with Crippen molar-refractivity contribution in [1.29, 1.82) is 0 Å². The van der Waals surface area contributed by atoms with Gasteiger partial charge in [-0.25, -0.2) is 0 Å². The summed E-state index contributed by atoms with van der Waals surface area (Å²) in [7, 11) is 0. The molecule has 106 valence electrons. The molecule has 0 aliphatic carbocycles. The minimum absolute atomic E-state index is 0.973. The largest absolute Gasteiger partial charge is 0.464 e. The van der Waals surface area contributed by atoms with Crippen LogP contribution >= 0.6 is 0 Å². The summed E-state index contributed by atoms with van der Waals surface area (Å²) in [6, 6.07) is 15.1. The van der Waals surface area contributed by atoms with Gasteiger partial charge in [0.1, 0.15) is 5.58 Å². The monoisotopic (exact) mass is 276 g/mol. The third-order valence-electron chi connectivity index (χ3n) is 3.85. The Bertz CT molecular complexity index is 760. The average molecular weight is 276 g/mol. The molecule has 0 N–H and O–H groups in total. The molecule has 3 aromatic rings. The predicted octanol–water partition coefficient (Wildman–Crippen LogP) is 5.92. The molecule has 1 heterocycles. The Hall–Kier alpha value is -2.28. The molecule has 0 aliphatic heterocycles. The second-order valence-electron chi connectivity index (χ2n) is 5.45. The van der Waals surface area contributed by atoms with E-state index in [0.29, 0.717) is 0 Å². The van der Waals surface area contributed by atoms with Crippen LogP contribution in [0.1, 0.15) is 24.5 Å². The molecular formula is C20H20O. The van der Waals surface area contributed by atoms with Crippen LogP contribution in [0.3, 0.4) is 0 Å². The number of hydrogen-bond donors (Lipinski definition) is 0. The van der Waals surface area contributed by atoms with Gasteiger partial charge in [0.15, 0.2) is 0 Å². The zero-order chi connectivity index (χ0) is 14.7. The van der Waals surface area contributed by atoms with Crippen LogP contribution in [0, 0.1) is 6.92 Å². The van der Waals surface area contributed by atoms with Crippen molar-refractivity contribution in [2.24, 2.45) is 0 Å². The van der Waals surface area contributed by atoms with Gasteiger partial charge >= 0.3 is 0 Å². The predicted molar refractivity (Wildman–Crippen MR) is 89.5 cm³/mol. The van der Waals surface area contributed by atoms with Gasteiger partial charge in [-0.2, -0.15) is 0 Å².